The second-order valence-corrected chi connectivity index (χ2v) is 4.93. The summed E-state index contributed by atoms with van der Waals surface area (Å²) in [6.07, 6.45) is 0.571. The molecule has 3 nitrogen and oxygen atoms in total. The van der Waals surface area contributed by atoms with Crippen molar-refractivity contribution < 1.29 is 5.11 Å². The molecule has 1 heterocycles. The van der Waals surface area contributed by atoms with Crippen LogP contribution in [0.4, 0.5) is 0 Å². The topological polar surface area (TPSA) is 51.2 Å². The predicted octanol–water partition coefficient (Wildman–Crippen LogP) is 2.04. The van der Waals surface area contributed by atoms with Gasteiger partial charge in [0.25, 0.3) is 0 Å². The zero-order valence-electron chi connectivity index (χ0n) is 10.7. The van der Waals surface area contributed by atoms with Gasteiger partial charge in [-0.05, 0) is 26.3 Å². The van der Waals surface area contributed by atoms with Crippen LogP contribution in [0.2, 0.25) is 0 Å². The van der Waals surface area contributed by atoms with Crippen LogP contribution in [0.3, 0.4) is 0 Å². The molecule has 0 saturated carbocycles. The van der Waals surface area contributed by atoms with Crippen LogP contribution in [0.25, 0.3) is 10.9 Å². The molecule has 0 radical (unpaired) electrons. The highest BCUT2D eigenvalue weighted by Gasteiger charge is 2.27. The summed E-state index contributed by atoms with van der Waals surface area (Å²) in [6, 6.07) is 8.26. The molecule has 0 aliphatic carbocycles. The van der Waals surface area contributed by atoms with Gasteiger partial charge in [0.1, 0.15) is 0 Å². The number of rotatable bonds is 3. The van der Waals surface area contributed by atoms with E-state index in [0.717, 1.165) is 5.56 Å². The van der Waals surface area contributed by atoms with E-state index in [1.807, 2.05) is 19.1 Å². The molecule has 0 saturated heterocycles. The van der Waals surface area contributed by atoms with Crippen LogP contribution < -0.4 is 5.73 Å². The Morgan fingerprint density at radius 1 is 1.35 bits per heavy atom. The van der Waals surface area contributed by atoms with E-state index in [1.165, 1.54) is 16.6 Å². The van der Waals surface area contributed by atoms with Gasteiger partial charge in [-0.15, -0.1) is 0 Å². The Balaban J connectivity index is 2.73. The predicted molar refractivity (Wildman–Crippen MR) is 70.9 cm³/mol. The Labute approximate surface area is 102 Å². The van der Waals surface area contributed by atoms with Gasteiger partial charge in [0.05, 0.1) is 0 Å². The van der Waals surface area contributed by atoms with Gasteiger partial charge in [-0.25, -0.2) is 0 Å². The quantitative estimate of drug-likeness (QED) is 0.851. The third-order valence-corrected chi connectivity index (χ3v) is 3.60. The molecule has 0 aliphatic rings. The minimum atomic E-state index is -0.486. The summed E-state index contributed by atoms with van der Waals surface area (Å²) < 4.78 is 2.16. The lowest BCUT2D eigenvalue weighted by atomic mass is 9.88. The highest BCUT2D eigenvalue weighted by Crippen LogP contribution is 2.33. The van der Waals surface area contributed by atoms with Crippen molar-refractivity contribution in [2.24, 2.45) is 12.8 Å². The van der Waals surface area contributed by atoms with Crippen LogP contribution in [0, 0.1) is 6.92 Å². The van der Waals surface area contributed by atoms with E-state index in [1.54, 1.807) is 0 Å². The average Bonchev–Trinajstić information content (AvgIpc) is 2.53. The van der Waals surface area contributed by atoms with Crippen molar-refractivity contribution in [2.75, 3.05) is 6.61 Å². The van der Waals surface area contributed by atoms with Crippen molar-refractivity contribution in [2.45, 2.75) is 25.8 Å². The van der Waals surface area contributed by atoms with Gasteiger partial charge >= 0.3 is 0 Å². The van der Waals surface area contributed by atoms with E-state index in [-0.39, 0.29) is 6.61 Å². The van der Waals surface area contributed by atoms with Crippen molar-refractivity contribution in [3.63, 3.8) is 0 Å². The van der Waals surface area contributed by atoms with Gasteiger partial charge in [-0.3, -0.25) is 0 Å². The minimum Gasteiger partial charge on any atom is -0.396 e. The molecular formula is C14H20N2O. The van der Waals surface area contributed by atoms with Crippen molar-refractivity contribution in [1.29, 1.82) is 0 Å². The molecule has 3 heteroatoms. The molecular weight excluding hydrogens is 212 g/mol. The van der Waals surface area contributed by atoms with Crippen LogP contribution >= 0.6 is 0 Å². The molecule has 92 valence electrons. The van der Waals surface area contributed by atoms with Crippen LogP contribution in [-0.2, 0) is 12.6 Å². The van der Waals surface area contributed by atoms with E-state index in [0.29, 0.717) is 6.42 Å². The van der Waals surface area contributed by atoms with Crippen molar-refractivity contribution in [1.82, 2.24) is 4.57 Å². The van der Waals surface area contributed by atoms with Gasteiger partial charge in [0.15, 0.2) is 0 Å². The summed E-state index contributed by atoms with van der Waals surface area (Å²) in [5, 5.41) is 10.3. The Bertz CT molecular complexity index is 540. The number of aryl methyl sites for hydroxylation is 1. The number of fused-ring (bicyclic) bond motifs is 1. The fourth-order valence-corrected chi connectivity index (χ4v) is 2.60. The number of nitrogens with zero attached hydrogens (tertiary/aromatic N) is 1. The van der Waals surface area contributed by atoms with Gasteiger partial charge in [0, 0.05) is 41.4 Å². The van der Waals surface area contributed by atoms with Gasteiger partial charge < -0.3 is 15.4 Å². The second-order valence-electron chi connectivity index (χ2n) is 4.93. The first-order valence-corrected chi connectivity index (χ1v) is 5.93. The lowest BCUT2D eigenvalue weighted by Gasteiger charge is -2.25. The maximum absolute atomic E-state index is 9.15. The molecule has 0 amide bonds. The van der Waals surface area contributed by atoms with Crippen molar-refractivity contribution in [3.05, 3.63) is 35.5 Å². The van der Waals surface area contributed by atoms with Crippen molar-refractivity contribution in [3.8, 4) is 0 Å². The molecule has 1 aromatic heterocycles. The van der Waals surface area contributed by atoms with Gasteiger partial charge in [-0.2, -0.15) is 0 Å². The number of benzene rings is 1. The van der Waals surface area contributed by atoms with Gasteiger partial charge in [-0.1, -0.05) is 18.2 Å². The smallest absolute Gasteiger partial charge is 0.0483 e. The maximum Gasteiger partial charge on any atom is 0.0483 e. The highest BCUT2D eigenvalue weighted by atomic mass is 16.3. The molecule has 1 unspecified atom stereocenters. The fraction of sp³-hybridized carbons (Fsp3) is 0.429. The lowest BCUT2D eigenvalue weighted by Crippen LogP contribution is -2.34. The number of aliphatic hydroxyl groups is 1. The second kappa shape index (κ2) is 4.17. The standard InChI is InChI=1S/C14H20N2O/c1-10-13(14(2,15)8-9-17)11-6-4-5-7-12(11)16(10)3/h4-7,17H,8-9,15H2,1-3H3. The number of aromatic nitrogens is 1. The molecule has 1 aromatic carbocycles. The van der Waals surface area contributed by atoms with Crippen LogP contribution in [0.1, 0.15) is 24.6 Å². The molecule has 2 aromatic rings. The molecule has 17 heavy (non-hydrogen) atoms. The first-order valence-electron chi connectivity index (χ1n) is 5.93. The Hall–Kier alpha value is -1.32. The summed E-state index contributed by atoms with van der Waals surface area (Å²) in [6.45, 7) is 4.17. The molecule has 1 atom stereocenters. The molecule has 0 bridgehead atoms. The summed E-state index contributed by atoms with van der Waals surface area (Å²) in [5.41, 5.74) is 9.37. The highest BCUT2D eigenvalue weighted by molar-refractivity contribution is 5.86. The van der Waals surface area contributed by atoms with E-state index in [9.17, 15) is 0 Å². The number of hydrogen-bond acceptors (Lipinski definition) is 2. The first-order chi connectivity index (χ1) is 7.99. The number of hydrogen-bond donors (Lipinski definition) is 2. The number of aliphatic hydroxyl groups excluding tert-OH is 1. The Kier molecular flexibility index (Phi) is 2.98. The molecule has 0 fully saturated rings. The van der Waals surface area contributed by atoms with E-state index in [2.05, 4.69) is 30.7 Å². The summed E-state index contributed by atoms with van der Waals surface area (Å²) in [7, 11) is 2.05. The third-order valence-electron chi connectivity index (χ3n) is 3.60. The molecule has 3 N–H and O–H groups in total. The first kappa shape index (κ1) is 12.1. The van der Waals surface area contributed by atoms with E-state index in [4.69, 9.17) is 10.8 Å². The number of nitrogens with two attached hydrogens (primary N) is 1. The summed E-state index contributed by atoms with van der Waals surface area (Å²) in [4.78, 5) is 0. The zero-order valence-corrected chi connectivity index (χ0v) is 10.7. The lowest BCUT2D eigenvalue weighted by molar-refractivity contribution is 0.247. The SMILES string of the molecule is Cc1c(C(C)(N)CCO)c2ccccc2n1C. The molecule has 0 spiro atoms. The third kappa shape index (κ3) is 1.85. The summed E-state index contributed by atoms with van der Waals surface area (Å²) in [5.74, 6) is 0. The van der Waals surface area contributed by atoms with Crippen LogP contribution in [-0.4, -0.2) is 16.3 Å². The average molecular weight is 232 g/mol. The van der Waals surface area contributed by atoms with E-state index < -0.39 is 5.54 Å². The number of para-hydroxylation sites is 1. The maximum atomic E-state index is 9.15. The van der Waals surface area contributed by atoms with Crippen LogP contribution in [0.5, 0.6) is 0 Å². The largest absolute Gasteiger partial charge is 0.396 e. The van der Waals surface area contributed by atoms with Crippen molar-refractivity contribution >= 4 is 10.9 Å². The fourth-order valence-electron chi connectivity index (χ4n) is 2.60. The minimum absolute atomic E-state index is 0.107. The normalized spacial score (nSPS) is 15.1. The molecule has 2 rings (SSSR count). The van der Waals surface area contributed by atoms with Crippen LogP contribution in [0.15, 0.2) is 24.3 Å². The summed E-state index contributed by atoms with van der Waals surface area (Å²) >= 11 is 0. The monoisotopic (exact) mass is 232 g/mol. The zero-order chi connectivity index (χ0) is 12.6. The van der Waals surface area contributed by atoms with Gasteiger partial charge in [0.2, 0.25) is 0 Å². The van der Waals surface area contributed by atoms with E-state index >= 15 is 0 Å². The Morgan fingerprint density at radius 3 is 2.65 bits per heavy atom. The molecule has 0 aliphatic heterocycles. The Morgan fingerprint density at radius 2 is 2.00 bits per heavy atom.